The zero-order chi connectivity index (χ0) is 19.8. The summed E-state index contributed by atoms with van der Waals surface area (Å²) in [6.45, 7) is 0.606. The van der Waals surface area contributed by atoms with Crippen LogP contribution < -0.4 is 10.2 Å². The van der Waals surface area contributed by atoms with Crippen LogP contribution in [0.4, 0.5) is 0 Å². The third kappa shape index (κ3) is 2.93. The number of nitrogens with zero attached hydrogens (tertiary/aromatic N) is 1. The second-order valence-corrected chi connectivity index (χ2v) is 7.20. The van der Waals surface area contributed by atoms with Crippen LogP contribution in [-0.4, -0.2) is 25.1 Å². The summed E-state index contributed by atoms with van der Waals surface area (Å²) in [6, 6.07) is 26.1. The minimum absolute atomic E-state index is 0.0559. The number of benzene rings is 4. The molecule has 1 atom stereocenters. The number of carbonyl (C=O) groups excluding carboxylic acids is 1. The van der Waals surface area contributed by atoms with E-state index in [9.17, 15) is 4.79 Å². The highest BCUT2D eigenvalue weighted by molar-refractivity contribution is 6.48. The number of carbonyl (C=O) groups is 1. The van der Waals surface area contributed by atoms with Gasteiger partial charge in [-0.05, 0) is 57.4 Å². The fraction of sp³-hybridized carbons (Fsp3) is 0.120. The van der Waals surface area contributed by atoms with Gasteiger partial charge < -0.3 is 10.2 Å². The molecule has 4 aromatic rings. The van der Waals surface area contributed by atoms with Gasteiger partial charge in [0.05, 0.1) is 13.0 Å². The number of fused-ring (bicyclic) bond motifs is 2. The molecule has 0 fully saturated rings. The van der Waals surface area contributed by atoms with E-state index in [1.54, 1.807) is 31.4 Å². The fourth-order valence-corrected chi connectivity index (χ4v) is 4.16. The lowest BCUT2D eigenvalue weighted by atomic mass is 9.84. The normalized spacial score (nSPS) is 15.9. The van der Waals surface area contributed by atoms with E-state index in [-0.39, 0.29) is 11.7 Å². The number of hydrogen-bond donors (Lipinski definition) is 1. The Kier molecular flexibility index (Phi) is 4.24. The lowest BCUT2D eigenvalue weighted by Crippen LogP contribution is -2.22. The van der Waals surface area contributed by atoms with Gasteiger partial charge in [-0.25, -0.2) is 0 Å². The molecule has 0 aromatic heterocycles. The average Bonchev–Trinajstić information content (AvgIpc) is 3.26. The molecule has 0 saturated carbocycles. The van der Waals surface area contributed by atoms with Crippen LogP contribution in [0.5, 0.6) is 5.75 Å². The first-order valence-electron chi connectivity index (χ1n) is 9.66. The summed E-state index contributed by atoms with van der Waals surface area (Å²) in [5.41, 5.74) is 5.39. The zero-order valence-corrected chi connectivity index (χ0v) is 16.1. The van der Waals surface area contributed by atoms with Gasteiger partial charge in [-0.15, -0.1) is 0 Å². The van der Waals surface area contributed by atoms with Crippen LogP contribution in [0.1, 0.15) is 21.8 Å². The lowest BCUT2D eigenvalue weighted by Gasteiger charge is -2.18. The molecule has 1 aliphatic rings. The third-order valence-corrected chi connectivity index (χ3v) is 5.57. The number of ether oxygens (including phenoxy) is 1. The summed E-state index contributed by atoms with van der Waals surface area (Å²) in [5, 5.41) is 9.08. The van der Waals surface area contributed by atoms with E-state index in [0.717, 1.165) is 22.1 Å². The number of Topliss-reactive ketones (excluding diaryl/α,β-unsaturated/α-hetero) is 1. The first-order chi connectivity index (χ1) is 14.3. The molecule has 5 rings (SSSR count). The second kappa shape index (κ2) is 7.06. The summed E-state index contributed by atoms with van der Waals surface area (Å²) in [5.74, 6) is 0.560. The van der Waals surface area contributed by atoms with Crippen LogP contribution in [0.3, 0.4) is 0 Å². The predicted octanol–water partition coefficient (Wildman–Crippen LogP) is 4.93. The summed E-state index contributed by atoms with van der Waals surface area (Å²) in [7, 11) is 1.61. The topological polar surface area (TPSA) is 50.7 Å². The van der Waals surface area contributed by atoms with Crippen molar-refractivity contribution in [2.75, 3.05) is 13.7 Å². The van der Waals surface area contributed by atoms with Crippen LogP contribution in [0.2, 0.25) is 0 Å². The van der Waals surface area contributed by atoms with E-state index in [4.69, 9.17) is 4.74 Å². The van der Waals surface area contributed by atoms with Crippen molar-refractivity contribution in [2.45, 2.75) is 5.92 Å². The minimum atomic E-state index is -0.111. The molecular weight excluding hydrogens is 360 g/mol. The van der Waals surface area contributed by atoms with Crippen molar-refractivity contribution in [1.29, 1.82) is 0 Å². The second-order valence-electron chi connectivity index (χ2n) is 7.20. The van der Waals surface area contributed by atoms with Gasteiger partial charge in [0.2, 0.25) is 5.78 Å². The monoisotopic (exact) mass is 380 g/mol. The first-order valence-corrected chi connectivity index (χ1v) is 9.66. The molecule has 4 nitrogen and oxygen atoms in total. The summed E-state index contributed by atoms with van der Waals surface area (Å²) in [4.78, 5) is 13.3. The molecule has 4 aromatic carbocycles. The minimum Gasteiger partial charge on any atom is -0.497 e. The Morgan fingerprint density at radius 3 is 2.17 bits per heavy atom. The van der Waals surface area contributed by atoms with Gasteiger partial charge in [-0.1, -0.05) is 48.5 Å². The Hall–Kier alpha value is -3.66. The van der Waals surface area contributed by atoms with Crippen molar-refractivity contribution in [1.82, 2.24) is 5.43 Å². The third-order valence-electron chi connectivity index (χ3n) is 5.57. The molecule has 4 heteroatoms. The molecule has 1 N–H and O–H groups in total. The molecule has 1 heterocycles. The Labute approximate surface area is 168 Å². The van der Waals surface area contributed by atoms with Crippen molar-refractivity contribution in [3.05, 3.63) is 90.0 Å². The predicted molar refractivity (Wildman–Crippen MR) is 117 cm³/mol. The molecule has 0 saturated heterocycles. The zero-order valence-electron chi connectivity index (χ0n) is 16.1. The molecule has 0 spiro atoms. The van der Waals surface area contributed by atoms with E-state index in [1.807, 2.05) is 24.3 Å². The largest absolute Gasteiger partial charge is 0.497 e. The van der Waals surface area contributed by atoms with Gasteiger partial charge in [0.1, 0.15) is 11.5 Å². The van der Waals surface area contributed by atoms with Gasteiger partial charge in [0.25, 0.3) is 0 Å². The molecule has 1 aliphatic heterocycles. The number of nitrogens with one attached hydrogen (secondary N) is 1. The Morgan fingerprint density at radius 1 is 0.931 bits per heavy atom. The maximum absolute atomic E-state index is 13.3. The number of hydrazone groups is 1. The summed E-state index contributed by atoms with van der Waals surface area (Å²) < 4.78 is 5.21. The Balaban J connectivity index is 1.65. The molecule has 1 unspecified atom stereocenters. The highest BCUT2D eigenvalue weighted by Crippen LogP contribution is 2.36. The maximum atomic E-state index is 13.3. The fourth-order valence-electron chi connectivity index (χ4n) is 4.16. The standard InChI is InChI=1S/C25H20N2O2/c1-29-19-12-10-16(11-13-19)25(28)24-22(15-26-27-24)23-20-8-4-2-6-17(20)14-18-7-3-5-9-21(18)23/h2-14,22,26H,15H2,1H3. The van der Waals surface area contributed by atoms with Crippen LogP contribution in [0.25, 0.3) is 21.5 Å². The number of hydrogen-bond acceptors (Lipinski definition) is 4. The highest BCUT2D eigenvalue weighted by Gasteiger charge is 2.31. The van der Waals surface area contributed by atoms with E-state index in [0.29, 0.717) is 17.8 Å². The van der Waals surface area contributed by atoms with Crippen LogP contribution in [0.15, 0.2) is 84.0 Å². The first kappa shape index (κ1) is 17.4. The Morgan fingerprint density at radius 2 is 1.55 bits per heavy atom. The molecular formula is C25H20N2O2. The number of ketones is 1. The van der Waals surface area contributed by atoms with Crippen LogP contribution in [0, 0.1) is 0 Å². The van der Waals surface area contributed by atoms with E-state index in [2.05, 4.69) is 40.9 Å². The van der Waals surface area contributed by atoms with Crippen molar-refractivity contribution in [3.8, 4) is 5.75 Å². The van der Waals surface area contributed by atoms with Gasteiger partial charge in [-0.3, -0.25) is 4.79 Å². The van der Waals surface area contributed by atoms with E-state index >= 15 is 0 Å². The molecule has 0 radical (unpaired) electrons. The van der Waals surface area contributed by atoms with Crippen molar-refractivity contribution in [3.63, 3.8) is 0 Å². The molecule has 142 valence electrons. The lowest BCUT2D eigenvalue weighted by molar-refractivity contribution is 0.106. The van der Waals surface area contributed by atoms with Crippen molar-refractivity contribution < 1.29 is 9.53 Å². The summed E-state index contributed by atoms with van der Waals surface area (Å²) in [6.07, 6.45) is 0. The van der Waals surface area contributed by atoms with Crippen molar-refractivity contribution in [2.24, 2.45) is 5.10 Å². The molecule has 0 amide bonds. The van der Waals surface area contributed by atoms with Crippen molar-refractivity contribution >= 4 is 33.0 Å². The maximum Gasteiger partial charge on any atom is 0.209 e. The molecule has 29 heavy (non-hydrogen) atoms. The van der Waals surface area contributed by atoms with E-state index in [1.165, 1.54) is 10.8 Å². The van der Waals surface area contributed by atoms with E-state index < -0.39 is 0 Å². The Bertz CT molecular complexity index is 1210. The SMILES string of the molecule is COc1ccc(C(=O)C2=NNCC2c2c3ccccc3cc3ccccc23)cc1. The average molecular weight is 380 g/mol. The van der Waals surface area contributed by atoms with Crippen LogP contribution >= 0.6 is 0 Å². The van der Waals surface area contributed by atoms with Gasteiger partial charge in [0.15, 0.2) is 0 Å². The highest BCUT2D eigenvalue weighted by atomic mass is 16.5. The quantitative estimate of drug-likeness (QED) is 0.404. The molecule has 0 aliphatic carbocycles. The van der Waals surface area contributed by atoms with Gasteiger partial charge in [0, 0.05) is 12.1 Å². The number of rotatable bonds is 4. The molecule has 0 bridgehead atoms. The van der Waals surface area contributed by atoms with Crippen LogP contribution in [-0.2, 0) is 0 Å². The summed E-state index contributed by atoms with van der Waals surface area (Å²) >= 11 is 0. The number of methoxy groups -OCH3 is 1. The smallest absolute Gasteiger partial charge is 0.209 e. The van der Waals surface area contributed by atoms with Gasteiger partial charge in [-0.2, -0.15) is 5.10 Å². The van der Waals surface area contributed by atoms with Gasteiger partial charge >= 0.3 is 0 Å².